The monoisotopic (exact) mass is 239 g/mol. The van der Waals surface area contributed by atoms with Crippen LogP contribution in [0.15, 0.2) is 47.4 Å². The van der Waals surface area contributed by atoms with Gasteiger partial charge in [-0.2, -0.15) is 0 Å². The minimum Gasteiger partial charge on any atom is -0.508 e. The predicted octanol–water partition coefficient (Wildman–Crippen LogP) is 1.69. The number of benzene rings is 1. The molecule has 0 unspecified atom stereocenters. The van der Waals surface area contributed by atoms with Crippen LogP contribution in [0.3, 0.4) is 0 Å². The molecule has 0 aliphatic heterocycles. The summed E-state index contributed by atoms with van der Waals surface area (Å²) in [4.78, 5) is 22.9. The van der Waals surface area contributed by atoms with Crippen LogP contribution >= 0.6 is 0 Å². The lowest BCUT2D eigenvalue weighted by Crippen LogP contribution is -2.10. The molecule has 0 aliphatic rings. The van der Waals surface area contributed by atoms with E-state index in [1.165, 1.54) is 6.07 Å². The number of pyridine rings is 1. The van der Waals surface area contributed by atoms with Gasteiger partial charge in [0.1, 0.15) is 11.6 Å². The summed E-state index contributed by atoms with van der Waals surface area (Å²) < 4.78 is 0. The van der Waals surface area contributed by atoms with Gasteiger partial charge < -0.3 is 10.1 Å². The number of phenols is 1. The first kappa shape index (κ1) is 10.5. The third-order valence-electron chi connectivity index (χ3n) is 2.60. The van der Waals surface area contributed by atoms with Crippen LogP contribution in [0.5, 0.6) is 5.75 Å². The topological polar surface area (TPSA) is 78.9 Å². The molecular formula is C13H9N3O2. The molecule has 0 saturated heterocycles. The maximum Gasteiger partial charge on any atom is 0.260 e. The Morgan fingerprint density at radius 3 is 2.89 bits per heavy atom. The molecular weight excluding hydrogens is 230 g/mol. The SMILES string of the molecule is O=c1[nH]c(-c2cccc(O)c2)nc2ncccc12. The van der Waals surface area contributed by atoms with Crippen molar-refractivity contribution in [3.63, 3.8) is 0 Å². The average molecular weight is 239 g/mol. The number of nitrogens with zero attached hydrogens (tertiary/aromatic N) is 2. The summed E-state index contributed by atoms with van der Waals surface area (Å²) in [5.41, 5.74) is 0.783. The summed E-state index contributed by atoms with van der Waals surface area (Å²) in [6.07, 6.45) is 1.58. The molecule has 18 heavy (non-hydrogen) atoms. The molecule has 0 spiro atoms. The Morgan fingerprint density at radius 2 is 2.06 bits per heavy atom. The normalized spacial score (nSPS) is 10.7. The van der Waals surface area contributed by atoms with Crippen LogP contribution < -0.4 is 5.56 Å². The second kappa shape index (κ2) is 3.96. The molecule has 0 radical (unpaired) electrons. The van der Waals surface area contributed by atoms with Crippen LogP contribution in [0.4, 0.5) is 0 Å². The fourth-order valence-corrected chi connectivity index (χ4v) is 1.76. The Bertz CT molecular complexity index is 780. The molecule has 1 aromatic carbocycles. The fourth-order valence-electron chi connectivity index (χ4n) is 1.76. The molecule has 0 saturated carbocycles. The van der Waals surface area contributed by atoms with Crippen molar-refractivity contribution in [2.75, 3.05) is 0 Å². The minimum atomic E-state index is -0.244. The van der Waals surface area contributed by atoms with E-state index in [1.807, 2.05) is 0 Å². The third kappa shape index (κ3) is 1.71. The molecule has 2 N–H and O–H groups in total. The van der Waals surface area contributed by atoms with Crippen LogP contribution in [-0.2, 0) is 0 Å². The van der Waals surface area contributed by atoms with E-state index < -0.39 is 0 Å². The number of rotatable bonds is 1. The van der Waals surface area contributed by atoms with E-state index in [9.17, 15) is 9.90 Å². The van der Waals surface area contributed by atoms with Crippen LogP contribution in [0, 0.1) is 0 Å². The Hall–Kier alpha value is -2.69. The molecule has 3 rings (SSSR count). The maximum atomic E-state index is 11.9. The lowest BCUT2D eigenvalue weighted by Gasteiger charge is -2.02. The maximum absolute atomic E-state index is 11.9. The number of nitrogens with one attached hydrogen (secondary N) is 1. The fraction of sp³-hybridized carbons (Fsp3) is 0. The van der Waals surface area contributed by atoms with E-state index in [4.69, 9.17) is 0 Å². The van der Waals surface area contributed by atoms with E-state index in [1.54, 1.807) is 36.5 Å². The zero-order valence-corrected chi connectivity index (χ0v) is 9.29. The van der Waals surface area contributed by atoms with Gasteiger partial charge in [-0.3, -0.25) is 4.79 Å². The van der Waals surface area contributed by atoms with Gasteiger partial charge in [0.2, 0.25) is 0 Å². The first-order valence-electron chi connectivity index (χ1n) is 5.38. The lowest BCUT2D eigenvalue weighted by atomic mass is 10.2. The zero-order chi connectivity index (χ0) is 12.5. The van der Waals surface area contributed by atoms with Gasteiger partial charge in [-0.15, -0.1) is 0 Å². The summed E-state index contributed by atoms with van der Waals surface area (Å²) in [5.74, 6) is 0.512. The van der Waals surface area contributed by atoms with Crippen molar-refractivity contribution in [3.8, 4) is 17.1 Å². The van der Waals surface area contributed by atoms with Crippen LogP contribution in [0.1, 0.15) is 0 Å². The predicted molar refractivity (Wildman–Crippen MR) is 67.3 cm³/mol. The van der Waals surface area contributed by atoms with E-state index in [-0.39, 0.29) is 11.3 Å². The number of aromatic nitrogens is 3. The standard InChI is InChI=1S/C13H9N3O2/c17-9-4-1-3-8(7-9)11-15-12-10(13(18)16-11)5-2-6-14-12/h1-7,17H,(H,14,15,16,18). The Morgan fingerprint density at radius 1 is 1.17 bits per heavy atom. The first-order valence-corrected chi connectivity index (χ1v) is 5.38. The Labute approximate surface area is 102 Å². The lowest BCUT2D eigenvalue weighted by molar-refractivity contribution is 0.475. The molecule has 2 heterocycles. The van der Waals surface area contributed by atoms with Gasteiger partial charge in [-0.1, -0.05) is 12.1 Å². The highest BCUT2D eigenvalue weighted by Crippen LogP contribution is 2.19. The highest BCUT2D eigenvalue weighted by Gasteiger charge is 2.06. The molecule has 5 heteroatoms. The highest BCUT2D eigenvalue weighted by molar-refractivity contribution is 5.75. The van der Waals surface area contributed by atoms with Crippen molar-refractivity contribution in [2.45, 2.75) is 0 Å². The number of H-pyrrole nitrogens is 1. The van der Waals surface area contributed by atoms with Crippen LogP contribution in [-0.4, -0.2) is 20.1 Å². The molecule has 2 aromatic heterocycles. The summed E-state index contributed by atoms with van der Waals surface area (Å²) in [7, 11) is 0. The van der Waals surface area contributed by atoms with Gasteiger partial charge in [-0.05, 0) is 24.3 Å². The second-order valence-electron chi connectivity index (χ2n) is 3.84. The number of phenolic OH excluding ortho intramolecular Hbond substituents is 1. The van der Waals surface area contributed by atoms with Crippen LogP contribution in [0.2, 0.25) is 0 Å². The van der Waals surface area contributed by atoms with Crippen molar-refractivity contribution in [3.05, 3.63) is 52.9 Å². The molecule has 5 nitrogen and oxygen atoms in total. The van der Waals surface area contributed by atoms with Gasteiger partial charge in [0.25, 0.3) is 5.56 Å². The van der Waals surface area contributed by atoms with Gasteiger partial charge >= 0.3 is 0 Å². The summed E-state index contributed by atoms with van der Waals surface area (Å²) in [6.45, 7) is 0. The Balaban J connectivity index is 2.28. The molecule has 0 bridgehead atoms. The van der Waals surface area contributed by atoms with Crippen LogP contribution in [0.25, 0.3) is 22.4 Å². The van der Waals surface area contributed by atoms with Crippen molar-refractivity contribution in [1.82, 2.24) is 15.0 Å². The molecule has 88 valence electrons. The number of fused-ring (bicyclic) bond motifs is 1. The summed E-state index contributed by atoms with van der Waals surface area (Å²) in [6, 6.07) is 9.89. The zero-order valence-electron chi connectivity index (χ0n) is 9.29. The number of aromatic amines is 1. The number of hydrogen-bond donors (Lipinski definition) is 2. The molecule has 0 aliphatic carbocycles. The molecule has 0 amide bonds. The highest BCUT2D eigenvalue weighted by atomic mass is 16.3. The third-order valence-corrected chi connectivity index (χ3v) is 2.60. The van der Waals surface area contributed by atoms with Crippen molar-refractivity contribution in [2.24, 2.45) is 0 Å². The summed E-state index contributed by atoms with van der Waals surface area (Å²) in [5, 5.41) is 9.87. The van der Waals surface area contributed by atoms with Gasteiger partial charge in [-0.25, -0.2) is 9.97 Å². The van der Waals surface area contributed by atoms with E-state index in [0.29, 0.717) is 22.4 Å². The Kier molecular flexibility index (Phi) is 2.30. The number of hydrogen-bond acceptors (Lipinski definition) is 4. The van der Waals surface area contributed by atoms with Crippen molar-refractivity contribution in [1.29, 1.82) is 0 Å². The van der Waals surface area contributed by atoms with Crippen molar-refractivity contribution < 1.29 is 5.11 Å². The molecule has 0 fully saturated rings. The average Bonchev–Trinajstić information content (AvgIpc) is 2.39. The van der Waals surface area contributed by atoms with Gasteiger partial charge in [0, 0.05) is 11.8 Å². The van der Waals surface area contributed by atoms with E-state index in [0.717, 1.165) is 0 Å². The van der Waals surface area contributed by atoms with Gasteiger partial charge in [0.15, 0.2) is 5.65 Å². The minimum absolute atomic E-state index is 0.122. The van der Waals surface area contributed by atoms with Gasteiger partial charge in [0.05, 0.1) is 5.39 Å². The molecule has 0 atom stereocenters. The largest absolute Gasteiger partial charge is 0.508 e. The van der Waals surface area contributed by atoms with E-state index in [2.05, 4.69) is 15.0 Å². The number of aromatic hydroxyl groups is 1. The second-order valence-corrected chi connectivity index (χ2v) is 3.84. The quantitative estimate of drug-likeness (QED) is 0.677. The first-order chi connectivity index (χ1) is 8.74. The summed E-state index contributed by atoms with van der Waals surface area (Å²) >= 11 is 0. The van der Waals surface area contributed by atoms with Crippen molar-refractivity contribution >= 4 is 11.0 Å². The van der Waals surface area contributed by atoms with E-state index >= 15 is 0 Å². The molecule has 3 aromatic rings. The smallest absolute Gasteiger partial charge is 0.260 e.